The van der Waals surface area contributed by atoms with Crippen LogP contribution in [-0.2, 0) is 4.74 Å². The third-order valence-corrected chi connectivity index (χ3v) is 4.90. The minimum Gasteiger partial charge on any atom is -0.366 e. The maximum Gasteiger partial charge on any atom is 0.122 e. The second-order valence-corrected chi connectivity index (χ2v) is 6.09. The summed E-state index contributed by atoms with van der Waals surface area (Å²) < 4.78 is 6.07. The third-order valence-electron chi connectivity index (χ3n) is 3.94. The first kappa shape index (κ1) is 14.5. The normalized spacial score (nSPS) is 33.7. The summed E-state index contributed by atoms with van der Waals surface area (Å²) >= 11 is 1.80. The average molecular weight is 309 g/mol. The molecule has 1 aromatic heterocycles. The van der Waals surface area contributed by atoms with Gasteiger partial charge in [0.25, 0.3) is 0 Å². The fourth-order valence-electron chi connectivity index (χ4n) is 2.82. The molecule has 3 atom stereocenters. The van der Waals surface area contributed by atoms with Crippen LogP contribution in [0.25, 0.3) is 0 Å². The van der Waals surface area contributed by atoms with E-state index in [9.17, 15) is 0 Å². The van der Waals surface area contributed by atoms with Gasteiger partial charge in [-0.1, -0.05) is 0 Å². The van der Waals surface area contributed by atoms with Crippen LogP contribution < -0.4 is 5.32 Å². The maximum atomic E-state index is 6.07. The highest BCUT2D eigenvalue weighted by Gasteiger charge is 2.40. The van der Waals surface area contributed by atoms with Gasteiger partial charge in [0.15, 0.2) is 0 Å². The number of aromatic nitrogens is 1. The van der Waals surface area contributed by atoms with Gasteiger partial charge in [-0.25, -0.2) is 4.98 Å². The van der Waals surface area contributed by atoms with Crippen molar-refractivity contribution in [2.24, 2.45) is 5.92 Å². The van der Waals surface area contributed by atoms with Crippen LogP contribution in [0.1, 0.15) is 42.0 Å². The molecular formula is C12H18Cl2N2OS. The number of hydrogen-bond acceptors (Lipinski definition) is 4. The van der Waals surface area contributed by atoms with E-state index in [0.717, 1.165) is 31.3 Å². The topological polar surface area (TPSA) is 34.1 Å². The van der Waals surface area contributed by atoms with Crippen LogP contribution in [0, 0.1) is 5.92 Å². The molecule has 0 aromatic carbocycles. The number of nitrogens with one attached hydrogen (secondary N) is 1. The third kappa shape index (κ3) is 2.54. The van der Waals surface area contributed by atoms with E-state index >= 15 is 0 Å². The number of thiazole rings is 1. The molecule has 0 radical (unpaired) electrons. The van der Waals surface area contributed by atoms with Crippen molar-refractivity contribution in [3.05, 3.63) is 16.1 Å². The van der Waals surface area contributed by atoms with Crippen molar-refractivity contribution in [2.75, 3.05) is 13.1 Å². The van der Waals surface area contributed by atoms with Crippen LogP contribution in [0.15, 0.2) is 5.38 Å². The smallest absolute Gasteiger partial charge is 0.122 e. The van der Waals surface area contributed by atoms with Gasteiger partial charge in [0.2, 0.25) is 0 Å². The Kier molecular flexibility index (Phi) is 4.55. The number of halogens is 2. The molecule has 3 heterocycles. The van der Waals surface area contributed by atoms with Crippen molar-refractivity contribution in [2.45, 2.75) is 37.4 Å². The molecule has 4 rings (SSSR count). The standard InChI is InChI=1S/C12H16N2OS.2ClH/c1-2-7(1)9-6-16-12(14-9)10-3-8-4-13-5-11(8)15-10;;/h6-8,10-11,13H,1-5H2;2*1H/t8-,10+,11+;;/m0../s1. The fourth-order valence-corrected chi connectivity index (χ4v) is 3.77. The molecule has 18 heavy (non-hydrogen) atoms. The number of ether oxygens (including phenoxy) is 1. The summed E-state index contributed by atoms with van der Waals surface area (Å²) in [5.41, 5.74) is 1.32. The molecule has 2 aliphatic heterocycles. The van der Waals surface area contributed by atoms with Crippen LogP contribution >= 0.6 is 36.2 Å². The predicted molar refractivity (Wildman–Crippen MR) is 77.2 cm³/mol. The van der Waals surface area contributed by atoms with Crippen molar-refractivity contribution in [1.29, 1.82) is 0 Å². The highest BCUT2D eigenvalue weighted by Crippen LogP contribution is 2.44. The summed E-state index contributed by atoms with van der Waals surface area (Å²) in [6.07, 6.45) is 4.57. The Hall–Kier alpha value is 0.130. The van der Waals surface area contributed by atoms with Crippen molar-refractivity contribution in [3.8, 4) is 0 Å². The summed E-state index contributed by atoms with van der Waals surface area (Å²) in [5.74, 6) is 1.49. The Balaban J connectivity index is 0.000000602. The van der Waals surface area contributed by atoms with E-state index in [-0.39, 0.29) is 30.9 Å². The molecule has 3 nitrogen and oxygen atoms in total. The number of rotatable bonds is 2. The zero-order chi connectivity index (χ0) is 10.5. The first-order chi connectivity index (χ1) is 7.90. The second-order valence-electron chi connectivity index (χ2n) is 5.20. The Labute approximate surface area is 124 Å². The lowest BCUT2D eigenvalue weighted by atomic mass is 10.0. The Bertz CT molecular complexity index is 399. The van der Waals surface area contributed by atoms with Crippen molar-refractivity contribution in [3.63, 3.8) is 0 Å². The van der Waals surface area contributed by atoms with Gasteiger partial charge in [0.1, 0.15) is 11.1 Å². The van der Waals surface area contributed by atoms with E-state index in [0.29, 0.717) is 6.10 Å². The lowest BCUT2D eigenvalue weighted by molar-refractivity contribution is 0.0473. The van der Waals surface area contributed by atoms with Crippen LogP contribution in [0.3, 0.4) is 0 Å². The molecule has 1 aliphatic carbocycles. The molecule has 6 heteroatoms. The molecule has 0 spiro atoms. The van der Waals surface area contributed by atoms with Crippen molar-refractivity contribution in [1.82, 2.24) is 10.3 Å². The molecule has 0 amide bonds. The monoisotopic (exact) mass is 308 g/mol. The van der Waals surface area contributed by atoms with Crippen LogP contribution in [0.2, 0.25) is 0 Å². The number of hydrogen-bond donors (Lipinski definition) is 1. The molecular weight excluding hydrogens is 291 g/mol. The predicted octanol–water partition coefficient (Wildman–Crippen LogP) is 2.91. The fraction of sp³-hybridized carbons (Fsp3) is 0.750. The summed E-state index contributed by atoms with van der Waals surface area (Å²) in [6.45, 7) is 2.16. The summed E-state index contributed by atoms with van der Waals surface area (Å²) in [5, 5.41) is 6.85. The molecule has 3 fully saturated rings. The van der Waals surface area contributed by atoms with Crippen LogP contribution in [0.5, 0.6) is 0 Å². The van der Waals surface area contributed by atoms with Crippen LogP contribution in [0.4, 0.5) is 0 Å². The van der Waals surface area contributed by atoms with Gasteiger partial charge in [-0.2, -0.15) is 0 Å². The van der Waals surface area contributed by atoms with E-state index in [1.54, 1.807) is 11.3 Å². The maximum absolute atomic E-state index is 6.07. The van der Waals surface area contributed by atoms with Crippen molar-refractivity contribution >= 4 is 36.2 Å². The SMILES string of the molecule is Cl.Cl.c1sc([C@H]2C[C@H]3CNC[C@H]3O2)nc1C1CC1. The first-order valence-corrected chi connectivity index (χ1v) is 7.09. The van der Waals surface area contributed by atoms with Gasteiger partial charge in [-0.3, -0.25) is 0 Å². The van der Waals surface area contributed by atoms with E-state index in [2.05, 4.69) is 10.7 Å². The molecule has 1 N–H and O–H groups in total. The van der Waals surface area contributed by atoms with Gasteiger partial charge in [0.05, 0.1) is 11.8 Å². The molecule has 1 saturated carbocycles. The lowest BCUT2D eigenvalue weighted by Crippen LogP contribution is -2.16. The molecule has 1 aromatic rings. The minimum absolute atomic E-state index is 0. The zero-order valence-corrected chi connectivity index (χ0v) is 12.5. The quantitative estimate of drug-likeness (QED) is 0.912. The molecule has 0 bridgehead atoms. The Morgan fingerprint density at radius 3 is 2.83 bits per heavy atom. The highest BCUT2D eigenvalue weighted by atomic mass is 35.5. The first-order valence-electron chi connectivity index (χ1n) is 6.21. The van der Waals surface area contributed by atoms with Gasteiger partial charge in [0, 0.05) is 30.3 Å². The second kappa shape index (κ2) is 5.63. The largest absolute Gasteiger partial charge is 0.366 e. The minimum atomic E-state index is 0. The van der Waals surface area contributed by atoms with E-state index in [1.165, 1.54) is 23.5 Å². The summed E-state index contributed by atoms with van der Waals surface area (Å²) in [6, 6.07) is 0. The summed E-state index contributed by atoms with van der Waals surface area (Å²) in [4.78, 5) is 4.75. The molecule has 102 valence electrons. The van der Waals surface area contributed by atoms with Gasteiger partial charge in [-0.05, 0) is 19.3 Å². The lowest BCUT2D eigenvalue weighted by Gasteiger charge is -2.09. The van der Waals surface area contributed by atoms with E-state index < -0.39 is 0 Å². The zero-order valence-electron chi connectivity index (χ0n) is 10.0. The molecule has 0 unspecified atom stereocenters. The number of nitrogens with zero attached hydrogens (tertiary/aromatic N) is 1. The highest BCUT2D eigenvalue weighted by molar-refractivity contribution is 7.09. The van der Waals surface area contributed by atoms with Crippen LogP contribution in [-0.4, -0.2) is 24.2 Å². The Morgan fingerprint density at radius 2 is 2.11 bits per heavy atom. The van der Waals surface area contributed by atoms with Gasteiger partial charge < -0.3 is 10.1 Å². The van der Waals surface area contributed by atoms with Gasteiger partial charge in [-0.15, -0.1) is 36.2 Å². The molecule has 3 aliphatic rings. The number of fused-ring (bicyclic) bond motifs is 1. The Morgan fingerprint density at radius 1 is 1.28 bits per heavy atom. The van der Waals surface area contributed by atoms with Crippen molar-refractivity contribution < 1.29 is 4.74 Å². The summed E-state index contributed by atoms with van der Waals surface area (Å²) in [7, 11) is 0. The average Bonchev–Trinajstić information content (AvgIpc) is 2.75. The molecule has 2 saturated heterocycles. The van der Waals surface area contributed by atoms with Gasteiger partial charge >= 0.3 is 0 Å². The van der Waals surface area contributed by atoms with E-state index in [1.807, 2.05) is 0 Å². The van der Waals surface area contributed by atoms with E-state index in [4.69, 9.17) is 9.72 Å².